The van der Waals surface area contributed by atoms with Gasteiger partial charge in [0.1, 0.15) is 0 Å². The molecule has 1 aliphatic heterocycles. The molecule has 0 aromatic carbocycles. The monoisotopic (exact) mass is 183 g/mol. The first kappa shape index (κ1) is 9.47. The summed E-state index contributed by atoms with van der Waals surface area (Å²) in [6.45, 7) is 4.21. The maximum Gasteiger partial charge on any atom is 0.0620 e. The summed E-state index contributed by atoms with van der Waals surface area (Å²) in [4.78, 5) is 0. The average Bonchev–Trinajstić information content (AvgIpc) is 2.76. The summed E-state index contributed by atoms with van der Waals surface area (Å²) in [5.74, 6) is 0.931. The molecule has 3 atom stereocenters. The van der Waals surface area contributed by atoms with Crippen LogP contribution in [0.2, 0.25) is 0 Å². The summed E-state index contributed by atoms with van der Waals surface area (Å²) in [5.41, 5.74) is 0. The van der Waals surface area contributed by atoms with Gasteiger partial charge in [0.15, 0.2) is 0 Å². The smallest absolute Gasteiger partial charge is 0.0620 e. The molecule has 2 aliphatic rings. The molecule has 2 heteroatoms. The summed E-state index contributed by atoms with van der Waals surface area (Å²) < 4.78 is 5.37. The van der Waals surface area contributed by atoms with E-state index < -0.39 is 0 Å². The summed E-state index contributed by atoms with van der Waals surface area (Å²) in [5, 5.41) is 3.75. The van der Waals surface area contributed by atoms with E-state index in [1.807, 2.05) is 0 Å². The van der Waals surface area contributed by atoms with Crippen molar-refractivity contribution in [2.75, 3.05) is 13.2 Å². The largest absolute Gasteiger partial charge is 0.380 e. The SMILES string of the molecule is CCC1CCCC1NC1CCOC1. The maximum absolute atomic E-state index is 5.37. The fraction of sp³-hybridized carbons (Fsp3) is 1.00. The first-order valence-corrected chi connectivity index (χ1v) is 5.74. The van der Waals surface area contributed by atoms with Crippen LogP contribution in [0, 0.1) is 5.92 Å². The van der Waals surface area contributed by atoms with Gasteiger partial charge >= 0.3 is 0 Å². The fourth-order valence-corrected chi connectivity index (χ4v) is 2.71. The van der Waals surface area contributed by atoms with Crippen LogP contribution >= 0.6 is 0 Å². The highest BCUT2D eigenvalue weighted by Crippen LogP contribution is 2.28. The molecule has 1 saturated heterocycles. The van der Waals surface area contributed by atoms with Gasteiger partial charge < -0.3 is 10.1 Å². The minimum Gasteiger partial charge on any atom is -0.380 e. The van der Waals surface area contributed by atoms with E-state index in [1.165, 1.54) is 32.1 Å². The second-order valence-electron chi connectivity index (χ2n) is 4.43. The molecule has 1 heterocycles. The van der Waals surface area contributed by atoms with Gasteiger partial charge in [-0.3, -0.25) is 0 Å². The van der Waals surface area contributed by atoms with Crippen molar-refractivity contribution in [3.8, 4) is 0 Å². The quantitative estimate of drug-likeness (QED) is 0.722. The standard InChI is InChI=1S/C11H21NO/c1-2-9-4-3-5-11(9)12-10-6-7-13-8-10/h9-12H,2-8H2,1H3. The molecule has 0 aromatic heterocycles. The highest BCUT2D eigenvalue weighted by atomic mass is 16.5. The maximum atomic E-state index is 5.37. The van der Waals surface area contributed by atoms with Crippen LogP contribution < -0.4 is 5.32 Å². The molecule has 2 fully saturated rings. The van der Waals surface area contributed by atoms with Gasteiger partial charge in [-0.25, -0.2) is 0 Å². The summed E-state index contributed by atoms with van der Waals surface area (Å²) in [7, 11) is 0. The first-order chi connectivity index (χ1) is 6.40. The van der Waals surface area contributed by atoms with Crippen molar-refractivity contribution in [2.45, 2.75) is 51.1 Å². The van der Waals surface area contributed by atoms with Gasteiger partial charge in [-0.05, 0) is 25.2 Å². The molecule has 1 aliphatic carbocycles. The van der Waals surface area contributed by atoms with Gasteiger partial charge in [-0.1, -0.05) is 19.8 Å². The lowest BCUT2D eigenvalue weighted by Crippen LogP contribution is -2.40. The predicted octanol–water partition coefficient (Wildman–Crippen LogP) is 1.94. The van der Waals surface area contributed by atoms with Crippen molar-refractivity contribution in [2.24, 2.45) is 5.92 Å². The third-order valence-electron chi connectivity index (χ3n) is 3.56. The molecule has 0 aromatic rings. The molecule has 0 amide bonds. The zero-order valence-electron chi connectivity index (χ0n) is 8.59. The van der Waals surface area contributed by atoms with Crippen molar-refractivity contribution < 1.29 is 4.74 Å². The van der Waals surface area contributed by atoms with Gasteiger partial charge in [0.25, 0.3) is 0 Å². The van der Waals surface area contributed by atoms with Crippen LogP contribution in [0.5, 0.6) is 0 Å². The normalized spacial score (nSPS) is 39.9. The van der Waals surface area contributed by atoms with Crippen molar-refractivity contribution in [3.63, 3.8) is 0 Å². The minimum absolute atomic E-state index is 0.650. The Kier molecular flexibility index (Phi) is 3.23. The number of hydrogen-bond acceptors (Lipinski definition) is 2. The Bertz CT molecular complexity index is 154. The molecule has 2 nitrogen and oxygen atoms in total. The van der Waals surface area contributed by atoms with Crippen LogP contribution in [0.15, 0.2) is 0 Å². The lowest BCUT2D eigenvalue weighted by Gasteiger charge is -2.23. The third kappa shape index (κ3) is 2.23. The number of hydrogen-bond donors (Lipinski definition) is 1. The lowest BCUT2D eigenvalue weighted by molar-refractivity contribution is 0.186. The van der Waals surface area contributed by atoms with Gasteiger partial charge in [0.2, 0.25) is 0 Å². The van der Waals surface area contributed by atoms with E-state index in [0.29, 0.717) is 6.04 Å². The Morgan fingerprint density at radius 1 is 1.31 bits per heavy atom. The zero-order valence-corrected chi connectivity index (χ0v) is 8.59. The fourth-order valence-electron chi connectivity index (χ4n) is 2.71. The van der Waals surface area contributed by atoms with E-state index in [1.54, 1.807) is 0 Å². The number of ether oxygens (including phenoxy) is 1. The van der Waals surface area contributed by atoms with E-state index in [0.717, 1.165) is 25.2 Å². The van der Waals surface area contributed by atoms with E-state index in [-0.39, 0.29) is 0 Å². The van der Waals surface area contributed by atoms with Crippen molar-refractivity contribution in [1.29, 1.82) is 0 Å². The van der Waals surface area contributed by atoms with E-state index >= 15 is 0 Å². The topological polar surface area (TPSA) is 21.3 Å². The Hall–Kier alpha value is -0.0800. The third-order valence-corrected chi connectivity index (χ3v) is 3.56. The first-order valence-electron chi connectivity index (χ1n) is 5.74. The molecule has 0 bridgehead atoms. The van der Waals surface area contributed by atoms with Gasteiger partial charge in [0.05, 0.1) is 6.61 Å². The van der Waals surface area contributed by atoms with Crippen LogP contribution in [-0.4, -0.2) is 25.3 Å². The highest BCUT2D eigenvalue weighted by Gasteiger charge is 2.28. The molecule has 76 valence electrons. The Morgan fingerprint density at radius 2 is 2.23 bits per heavy atom. The number of rotatable bonds is 3. The summed E-state index contributed by atoms with van der Waals surface area (Å²) in [6, 6.07) is 1.44. The lowest BCUT2D eigenvalue weighted by atomic mass is 10.00. The van der Waals surface area contributed by atoms with E-state index in [2.05, 4.69) is 12.2 Å². The van der Waals surface area contributed by atoms with Crippen LogP contribution in [0.1, 0.15) is 39.0 Å². The second kappa shape index (κ2) is 4.43. The van der Waals surface area contributed by atoms with E-state index in [9.17, 15) is 0 Å². The van der Waals surface area contributed by atoms with Gasteiger partial charge in [-0.2, -0.15) is 0 Å². The van der Waals surface area contributed by atoms with Crippen LogP contribution in [0.25, 0.3) is 0 Å². The van der Waals surface area contributed by atoms with Gasteiger partial charge in [0, 0.05) is 18.7 Å². The Balaban J connectivity index is 1.79. The van der Waals surface area contributed by atoms with Crippen molar-refractivity contribution >= 4 is 0 Å². The minimum atomic E-state index is 0.650. The van der Waals surface area contributed by atoms with Gasteiger partial charge in [-0.15, -0.1) is 0 Å². The van der Waals surface area contributed by atoms with Crippen LogP contribution in [0.3, 0.4) is 0 Å². The molecule has 1 saturated carbocycles. The van der Waals surface area contributed by atoms with Crippen LogP contribution in [-0.2, 0) is 4.74 Å². The predicted molar refractivity (Wildman–Crippen MR) is 53.8 cm³/mol. The summed E-state index contributed by atoms with van der Waals surface area (Å²) in [6.07, 6.45) is 6.79. The molecule has 0 spiro atoms. The molecule has 13 heavy (non-hydrogen) atoms. The molecule has 1 N–H and O–H groups in total. The van der Waals surface area contributed by atoms with Crippen LogP contribution in [0.4, 0.5) is 0 Å². The Labute approximate surface area is 81.0 Å². The average molecular weight is 183 g/mol. The summed E-state index contributed by atoms with van der Waals surface area (Å²) >= 11 is 0. The zero-order chi connectivity index (χ0) is 9.10. The molecule has 0 radical (unpaired) electrons. The van der Waals surface area contributed by atoms with Crippen molar-refractivity contribution in [3.05, 3.63) is 0 Å². The Morgan fingerprint density at radius 3 is 2.92 bits per heavy atom. The number of nitrogens with one attached hydrogen (secondary N) is 1. The molecular formula is C11H21NO. The second-order valence-corrected chi connectivity index (χ2v) is 4.43. The molecule has 3 unspecified atom stereocenters. The van der Waals surface area contributed by atoms with Crippen molar-refractivity contribution in [1.82, 2.24) is 5.32 Å². The molecule has 2 rings (SSSR count). The molecular weight excluding hydrogens is 162 g/mol. The highest BCUT2D eigenvalue weighted by molar-refractivity contribution is 4.86. The van der Waals surface area contributed by atoms with E-state index in [4.69, 9.17) is 4.74 Å².